The van der Waals surface area contributed by atoms with Crippen LogP contribution in [0.25, 0.3) is 0 Å². The van der Waals surface area contributed by atoms with Crippen molar-refractivity contribution in [2.45, 2.75) is 38.5 Å². The zero-order chi connectivity index (χ0) is 13.8. The number of rotatable bonds is 5. The topological polar surface area (TPSA) is 12.0 Å². The lowest BCUT2D eigenvalue weighted by Crippen LogP contribution is -2.30. The molecule has 1 atom stereocenters. The first kappa shape index (κ1) is 14.9. The lowest BCUT2D eigenvalue weighted by molar-refractivity contribution is -0.139. The fourth-order valence-electron chi connectivity index (χ4n) is 1.49. The van der Waals surface area contributed by atoms with Crippen molar-refractivity contribution in [1.29, 1.82) is 0 Å². The van der Waals surface area contributed by atoms with E-state index in [9.17, 15) is 22.0 Å². The summed E-state index contributed by atoms with van der Waals surface area (Å²) in [5, 5.41) is 2.70. The van der Waals surface area contributed by atoms with Crippen LogP contribution in [0.2, 0.25) is 0 Å². The third kappa shape index (κ3) is 5.44. The molecule has 0 saturated heterocycles. The van der Waals surface area contributed by atoms with Crippen LogP contribution in [0, 0.1) is 0 Å². The average molecular weight is 267 g/mol. The number of alkyl halides is 5. The van der Waals surface area contributed by atoms with Gasteiger partial charge in [-0.25, -0.2) is 8.78 Å². The van der Waals surface area contributed by atoms with E-state index >= 15 is 0 Å². The average Bonchev–Trinajstić information content (AvgIpc) is 2.24. The van der Waals surface area contributed by atoms with Crippen LogP contribution in [0.15, 0.2) is 24.3 Å². The molecule has 0 fully saturated rings. The Balaban J connectivity index is 2.44. The van der Waals surface area contributed by atoms with Crippen molar-refractivity contribution in [3.05, 3.63) is 35.4 Å². The minimum absolute atomic E-state index is 0.0953. The van der Waals surface area contributed by atoms with Crippen LogP contribution in [0.3, 0.4) is 0 Å². The van der Waals surface area contributed by atoms with Gasteiger partial charge in [-0.3, -0.25) is 0 Å². The number of hydrogen-bond donors (Lipinski definition) is 1. The third-order valence-electron chi connectivity index (χ3n) is 2.42. The van der Waals surface area contributed by atoms with Gasteiger partial charge in [0.15, 0.2) is 0 Å². The highest BCUT2D eigenvalue weighted by molar-refractivity contribution is 5.23. The molecule has 0 aliphatic carbocycles. The molecule has 1 unspecified atom stereocenters. The summed E-state index contributed by atoms with van der Waals surface area (Å²) in [5.41, 5.74) is 0.579. The van der Waals surface area contributed by atoms with Crippen LogP contribution >= 0.6 is 0 Å². The van der Waals surface area contributed by atoms with E-state index in [1.807, 2.05) is 0 Å². The molecule has 1 rings (SSSR count). The molecular weight excluding hydrogens is 253 g/mol. The van der Waals surface area contributed by atoms with E-state index in [4.69, 9.17) is 0 Å². The second kappa shape index (κ2) is 6.13. The largest absolute Gasteiger partial charge is 0.390 e. The Hall–Kier alpha value is -1.17. The summed E-state index contributed by atoms with van der Waals surface area (Å²) in [4.78, 5) is 0. The summed E-state index contributed by atoms with van der Waals surface area (Å²) in [6, 6.07) is 4.80. The van der Waals surface area contributed by atoms with Gasteiger partial charge >= 0.3 is 6.18 Å². The number of hydrogen-bond acceptors (Lipinski definition) is 1. The zero-order valence-corrected chi connectivity index (χ0v) is 9.77. The van der Waals surface area contributed by atoms with Crippen LogP contribution in [0.4, 0.5) is 22.0 Å². The lowest BCUT2D eigenvalue weighted by Gasteiger charge is -2.15. The highest BCUT2D eigenvalue weighted by Gasteiger charge is 2.29. The van der Waals surface area contributed by atoms with Gasteiger partial charge in [-0.1, -0.05) is 24.3 Å². The Bertz CT molecular complexity index is 358. The smallest absolute Gasteiger partial charge is 0.310 e. The Labute approximate surface area is 102 Å². The van der Waals surface area contributed by atoms with Gasteiger partial charge in [0.2, 0.25) is 0 Å². The van der Waals surface area contributed by atoms with Gasteiger partial charge in [-0.05, 0) is 12.5 Å². The number of nitrogens with one attached hydrogen (secondary N) is 1. The molecule has 6 heteroatoms. The fourth-order valence-corrected chi connectivity index (χ4v) is 1.49. The minimum atomic E-state index is -4.20. The SMILES string of the molecule is CC(CC(F)(F)F)NCc1ccc(C(F)F)cc1. The molecule has 0 amide bonds. The van der Waals surface area contributed by atoms with Crippen molar-refractivity contribution >= 4 is 0 Å². The molecule has 1 aromatic rings. The predicted octanol–water partition coefficient (Wildman–Crippen LogP) is 4.05. The molecule has 1 aromatic carbocycles. The Morgan fingerprint density at radius 2 is 1.67 bits per heavy atom. The Kier molecular flexibility index (Phi) is 5.07. The van der Waals surface area contributed by atoms with Crippen molar-refractivity contribution in [2.24, 2.45) is 0 Å². The van der Waals surface area contributed by atoms with Crippen molar-refractivity contribution < 1.29 is 22.0 Å². The maximum atomic E-state index is 12.3. The maximum absolute atomic E-state index is 12.3. The molecule has 0 bridgehead atoms. The summed E-state index contributed by atoms with van der Waals surface area (Å²) in [5.74, 6) is 0. The van der Waals surface area contributed by atoms with Crippen molar-refractivity contribution in [3.8, 4) is 0 Å². The molecular formula is C12H14F5N. The maximum Gasteiger partial charge on any atom is 0.390 e. The van der Waals surface area contributed by atoms with Gasteiger partial charge < -0.3 is 5.32 Å². The third-order valence-corrected chi connectivity index (χ3v) is 2.42. The molecule has 0 saturated carbocycles. The quantitative estimate of drug-likeness (QED) is 0.793. The van der Waals surface area contributed by atoms with E-state index in [1.54, 1.807) is 0 Å². The summed E-state index contributed by atoms with van der Waals surface area (Å²) in [6.07, 6.45) is -7.65. The van der Waals surface area contributed by atoms with Crippen LogP contribution < -0.4 is 5.32 Å². The molecule has 1 nitrogen and oxygen atoms in total. The lowest BCUT2D eigenvalue weighted by atomic mass is 10.1. The van der Waals surface area contributed by atoms with E-state index in [0.717, 1.165) is 0 Å². The first-order valence-electron chi connectivity index (χ1n) is 5.45. The van der Waals surface area contributed by atoms with Crippen molar-refractivity contribution in [2.75, 3.05) is 0 Å². The zero-order valence-electron chi connectivity index (χ0n) is 9.77. The Morgan fingerprint density at radius 1 is 1.11 bits per heavy atom. The Morgan fingerprint density at radius 3 is 2.11 bits per heavy atom. The standard InChI is InChI=1S/C12H14F5N/c1-8(6-12(15,16)17)18-7-9-2-4-10(5-3-9)11(13)14/h2-5,8,11,18H,6-7H2,1H3. The highest BCUT2D eigenvalue weighted by Crippen LogP contribution is 2.22. The number of halogens is 5. The van der Waals surface area contributed by atoms with Crippen LogP contribution in [-0.4, -0.2) is 12.2 Å². The molecule has 102 valence electrons. The molecule has 1 N–H and O–H groups in total. The molecule has 0 spiro atoms. The summed E-state index contributed by atoms with van der Waals surface area (Å²) < 4.78 is 60.7. The van der Waals surface area contributed by atoms with Gasteiger partial charge in [-0.15, -0.1) is 0 Å². The van der Waals surface area contributed by atoms with E-state index in [-0.39, 0.29) is 12.1 Å². The summed E-state index contributed by atoms with van der Waals surface area (Å²) >= 11 is 0. The van der Waals surface area contributed by atoms with E-state index in [1.165, 1.54) is 31.2 Å². The molecule has 0 radical (unpaired) electrons. The molecule has 0 heterocycles. The van der Waals surface area contributed by atoms with Crippen molar-refractivity contribution in [3.63, 3.8) is 0 Å². The van der Waals surface area contributed by atoms with Crippen LogP contribution in [0.5, 0.6) is 0 Å². The van der Waals surface area contributed by atoms with Gasteiger partial charge in [0.05, 0.1) is 6.42 Å². The molecule has 0 aliphatic rings. The minimum Gasteiger partial charge on any atom is -0.310 e. The van der Waals surface area contributed by atoms with Gasteiger partial charge in [0.25, 0.3) is 6.43 Å². The normalized spacial score (nSPS) is 13.9. The second-order valence-electron chi connectivity index (χ2n) is 4.14. The molecule has 0 aromatic heterocycles. The first-order chi connectivity index (χ1) is 8.28. The van der Waals surface area contributed by atoms with Crippen molar-refractivity contribution in [1.82, 2.24) is 5.32 Å². The van der Waals surface area contributed by atoms with Crippen LogP contribution in [-0.2, 0) is 6.54 Å². The van der Waals surface area contributed by atoms with Gasteiger partial charge in [0.1, 0.15) is 0 Å². The predicted molar refractivity (Wildman–Crippen MR) is 58.4 cm³/mol. The molecule has 18 heavy (non-hydrogen) atoms. The highest BCUT2D eigenvalue weighted by atomic mass is 19.4. The molecule has 0 aliphatic heterocycles. The first-order valence-corrected chi connectivity index (χ1v) is 5.45. The number of benzene rings is 1. The van der Waals surface area contributed by atoms with Gasteiger partial charge in [0, 0.05) is 18.2 Å². The fraction of sp³-hybridized carbons (Fsp3) is 0.500. The van der Waals surface area contributed by atoms with E-state index < -0.39 is 25.1 Å². The summed E-state index contributed by atoms with van der Waals surface area (Å²) in [6.45, 7) is 1.65. The van der Waals surface area contributed by atoms with E-state index in [2.05, 4.69) is 5.32 Å². The second-order valence-corrected chi connectivity index (χ2v) is 4.14. The van der Waals surface area contributed by atoms with E-state index in [0.29, 0.717) is 5.56 Å². The monoisotopic (exact) mass is 267 g/mol. The van der Waals surface area contributed by atoms with Crippen LogP contribution in [0.1, 0.15) is 30.9 Å². The summed E-state index contributed by atoms with van der Waals surface area (Å²) in [7, 11) is 0. The van der Waals surface area contributed by atoms with Gasteiger partial charge in [-0.2, -0.15) is 13.2 Å².